The van der Waals surface area contributed by atoms with Crippen LogP contribution in [-0.4, -0.2) is 60.2 Å². The second-order valence-electron chi connectivity index (χ2n) is 6.76. The van der Waals surface area contributed by atoms with Gasteiger partial charge in [0.25, 0.3) is 5.91 Å². The van der Waals surface area contributed by atoms with Gasteiger partial charge in [-0.3, -0.25) is 9.69 Å². The standard InChI is InChI=1S/C20H23N3O3/c24-20(19-8-4-13-25-19)23-10-5-9-22(11-12-23)15-17-14-18(21-26-17)16-6-2-1-3-7-16/h1-4,6-8,13,17H,5,9-12,14-15H2. The third kappa shape index (κ3) is 3.80. The summed E-state index contributed by atoms with van der Waals surface area (Å²) < 4.78 is 5.24. The van der Waals surface area contributed by atoms with Crippen LogP contribution in [0.2, 0.25) is 0 Å². The summed E-state index contributed by atoms with van der Waals surface area (Å²) in [5.74, 6) is 0.391. The molecule has 0 aliphatic carbocycles. The van der Waals surface area contributed by atoms with E-state index in [1.54, 1.807) is 18.4 Å². The highest BCUT2D eigenvalue weighted by molar-refractivity contribution is 6.01. The Bertz CT molecular complexity index is 758. The highest BCUT2D eigenvalue weighted by Crippen LogP contribution is 2.18. The fraction of sp³-hybridized carbons (Fsp3) is 0.400. The molecule has 136 valence electrons. The van der Waals surface area contributed by atoms with Gasteiger partial charge in [-0.1, -0.05) is 35.5 Å². The monoisotopic (exact) mass is 353 g/mol. The second kappa shape index (κ2) is 7.74. The minimum Gasteiger partial charge on any atom is -0.459 e. The van der Waals surface area contributed by atoms with Crippen LogP contribution in [0.3, 0.4) is 0 Å². The smallest absolute Gasteiger partial charge is 0.289 e. The zero-order valence-electron chi connectivity index (χ0n) is 14.7. The van der Waals surface area contributed by atoms with Crippen molar-refractivity contribution >= 4 is 11.6 Å². The molecule has 1 fully saturated rings. The Morgan fingerprint density at radius 3 is 2.77 bits per heavy atom. The summed E-state index contributed by atoms with van der Waals surface area (Å²) in [6.07, 6.45) is 3.40. The average molecular weight is 353 g/mol. The van der Waals surface area contributed by atoms with Crippen molar-refractivity contribution in [2.24, 2.45) is 5.16 Å². The third-order valence-electron chi connectivity index (χ3n) is 4.91. The molecule has 2 aliphatic rings. The van der Waals surface area contributed by atoms with E-state index in [0.717, 1.165) is 50.3 Å². The molecule has 1 amide bonds. The van der Waals surface area contributed by atoms with E-state index in [-0.39, 0.29) is 12.0 Å². The van der Waals surface area contributed by atoms with Gasteiger partial charge in [0.1, 0.15) is 6.10 Å². The van der Waals surface area contributed by atoms with Crippen LogP contribution in [0.5, 0.6) is 0 Å². The minimum atomic E-state index is -0.0244. The molecule has 6 nitrogen and oxygen atoms in total. The number of rotatable bonds is 4. The molecule has 0 bridgehead atoms. The van der Waals surface area contributed by atoms with Gasteiger partial charge in [0.2, 0.25) is 0 Å². The highest BCUT2D eigenvalue weighted by Gasteiger charge is 2.27. The lowest BCUT2D eigenvalue weighted by Gasteiger charge is -2.23. The topological polar surface area (TPSA) is 58.3 Å². The number of benzene rings is 1. The fourth-order valence-electron chi connectivity index (χ4n) is 3.53. The van der Waals surface area contributed by atoms with Gasteiger partial charge in [0.05, 0.1) is 12.0 Å². The Labute approximate surface area is 153 Å². The summed E-state index contributed by atoms with van der Waals surface area (Å²) >= 11 is 0. The first kappa shape index (κ1) is 16.8. The van der Waals surface area contributed by atoms with E-state index in [0.29, 0.717) is 12.3 Å². The maximum absolute atomic E-state index is 12.4. The van der Waals surface area contributed by atoms with Crippen molar-refractivity contribution in [3.05, 3.63) is 60.1 Å². The third-order valence-corrected chi connectivity index (χ3v) is 4.91. The van der Waals surface area contributed by atoms with Gasteiger partial charge in [-0.05, 0) is 24.1 Å². The molecule has 1 aromatic heterocycles. The molecular formula is C20H23N3O3. The first-order valence-corrected chi connectivity index (χ1v) is 9.13. The lowest BCUT2D eigenvalue weighted by Crippen LogP contribution is -2.37. The van der Waals surface area contributed by atoms with Gasteiger partial charge in [-0.15, -0.1) is 0 Å². The molecule has 1 atom stereocenters. The zero-order valence-corrected chi connectivity index (χ0v) is 14.7. The lowest BCUT2D eigenvalue weighted by molar-refractivity contribution is 0.0529. The molecule has 3 heterocycles. The molecule has 1 unspecified atom stereocenters. The van der Waals surface area contributed by atoms with Gasteiger partial charge < -0.3 is 14.2 Å². The van der Waals surface area contributed by atoms with Gasteiger partial charge in [0, 0.05) is 39.1 Å². The van der Waals surface area contributed by atoms with E-state index in [1.807, 2.05) is 23.1 Å². The van der Waals surface area contributed by atoms with Crippen LogP contribution in [0.15, 0.2) is 58.3 Å². The van der Waals surface area contributed by atoms with Crippen LogP contribution in [0.1, 0.15) is 29.0 Å². The Hall–Kier alpha value is -2.60. The largest absolute Gasteiger partial charge is 0.459 e. The number of nitrogens with zero attached hydrogens (tertiary/aromatic N) is 3. The summed E-state index contributed by atoms with van der Waals surface area (Å²) in [5, 5.41) is 4.27. The van der Waals surface area contributed by atoms with Crippen LogP contribution in [0.4, 0.5) is 0 Å². The molecule has 2 aliphatic heterocycles. The van der Waals surface area contributed by atoms with Crippen LogP contribution >= 0.6 is 0 Å². The van der Waals surface area contributed by atoms with Gasteiger partial charge >= 0.3 is 0 Å². The van der Waals surface area contributed by atoms with E-state index >= 15 is 0 Å². The van der Waals surface area contributed by atoms with E-state index < -0.39 is 0 Å². The van der Waals surface area contributed by atoms with Crippen LogP contribution < -0.4 is 0 Å². The minimum absolute atomic E-state index is 0.0244. The molecule has 0 N–H and O–H groups in total. The molecule has 6 heteroatoms. The normalized spacial score (nSPS) is 21.2. The molecule has 2 aromatic rings. The van der Waals surface area contributed by atoms with Gasteiger partial charge in [-0.2, -0.15) is 0 Å². The summed E-state index contributed by atoms with van der Waals surface area (Å²) in [6, 6.07) is 13.6. The fourth-order valence-corrected chi connectivity index (χ4v) is 3.53. The van der Waals surface area contributed by atoms with Crippen molar-refractivity contribution in [1.29, 1.82) is 0 Å². The quantitative estimate of drug-likeness (QED) is 0.848. The van der Waals surface area contributed by atoms with E-state index in [4.69, 9.17) is 9.25 Å². The van der Waals surface area contributed by atoms with Gasteiger partial charge in [0.15, 0.2) is 5.76 Å². The zero-order chi connectivity index (χ0) is 17.8. The predicted octanol–water partition coefficient (Wildman–Crippen LogP) is 2.62. The maximum Gasteiger partial charge on any atom is 0.289 e. The number of carbonyl (C=O) groups excluding carboxylic acids is 1. The Morgan fingerprint density at radius 2 is 1.96 bits per heavy atom. The predicted molar refractivity (Wildman–Crippen MR) is 98.1 cm³/mol. The number of oxime groups is 1. The van der Waals surface area contributed by atoms with Crippen molar-refractivity contribution < 1.29 is 14.0 Å². The summed E-state index contributed by atoms with van der Waals surface area (Å²) in [7, 11) is 0. The maximum atomic E-state index is 12.4. The summed E-state index contributed by atoms with van der Waals surface area (Å²) in [5.41, 5.74) is 2.14. The number of furan rings is 1. The SMILES string of the molecule is O=C(c1ccco1)N1CCCN(CC2CC(c3ccccc3)=NO2)CC1. The number of hydrogen-bond donors (Lipinski definition) is 0. The highest BCUT2D eigenvalue weighted by atomic mass is 16.6. The van der Waals surface area contributed by atoms with Crippen molar-refractivity contribution in [2.75, 3.05) is 32.7 Å². The first-order valence-electron chi connectivity index (χ1n) is 9.13. The van der Waals surface area contributed by atoms with Crippen molar-refractivity contribution in [3.8, 4) is 0 Å². The van der Waals surface area contributed by atoms with Crippen LogP contribution in [-0.2, 0) is 4.84 Å². The van der Waals surface area contributed by atoms with Crippen molar-refractivity contribution in [1.82, 2.24) is 9.80 Å². The molecule has 1 saturated heterocycles. The van der Waals surface area contributed by atoms with Gasteiger partial charge in [-0.25, -0.2) is 0 Å². The van der Waals surface area contributed by atoms with Crippen molar-refractivity contribution in [2.45, 2.75) is 18.9 Å². The van der Waals surface area contributed by atoms with Crippen LogP contribution in [0.25, 0.3) is 0 Å². The Morgan fingerprint density at radius 1 is 1.08 bits per heavy atom. The van der Waals surface area contributed by atoms with E-state index in [9.17, 15) is 4.79 Å². The molecule has 4 rings (SSSR count). The second-order valence-corrected chi connectivity index (χ2v) is 6.76. The average Bonchev–Trinajstić information content (AvgIpc) is 3.31. The van der Waals surface area contributed by atoms with E-state index in [2.05, 4.69) is 22.2 Å². The lowest BCUT2D eigenvalue weighted by atomic mass is 10.0. The Kier molecular flexibility index (Phi) is 5.02. The summed E-state index contributed by atoms with van der Waals surface area (Å²) in [6.45, 7) is 4.10. The van der Waals surface area contributed by atoms with E-state index in [1.165, 1.54) is 0 Å². The Balaban J connectivity index is 1.28. The molecule has 0 spiro atoms. The van der Waals surface area contributed by atoms with Crippen molar-refractivity contribution in [3.63, 3.8) is 0 Å². The number of amides is 1. The van der Waals surface area contributed by atoms with Crippen LogP contribution in [0, 0.1) is 0 Å². The summed E-state index contributed by atoms with van der Waals surface area (Å²) in [4.78, 5) is 22.3. The molecule has 0 radical (unpaired) electrons. The molecule has 26 heavy (non-hydrogen) atoms. The first-order chi connectivity index (χ1) is 12.8. The number of hydrogen-bond acceptors (Lipinski definition) is 5. The number of carbonyl (C=O) groups is 1. The molecule has 1 aromatic carbocycles. The molecule has 0 saturated carbocycles. The molecular weight excluding hydrogens is 330 g/mol.